The van der Waals surface area contributed by atoms with Crippen molar-refractivity contribution in [2.75, 3.05) is 24.7 Å². The van der Waals surface area contributed by atoms with Crippen LogP contribution in [-0.2, 0) is 31.9 Å². The number of benzene rings is 4. The summed E-state index contributed by atoms with van der Waals surface area (Å²) in [6.07, 6.45) is 2.90. The van der Waals surface area contributed by atoms with Crippen molar-refractivity contribution in [2.24, 2.45) is 0 Å². The van der Waals surface area contributed by atoms with Gasteiger partial charge < -0.3 is 19.7 Å². The molecule has 49 heavy (non-hydrogen) atoms. The normalized spacial score (nSPS) is 12.8. The molecule has 0 aliphatic carbocycles. The lowest BCUT2D eigenvalue weighted by atomic mass is 9.88. The van der Waals surface area contributed by atoms with Gasteiger partial charge in [0.05, 0.1) is 26.1 Å². The van der Waals surface area contributed by atoms with Gasteiger partial charge in [0.25, 0.3) is 0 Å². The molecule has 4 aromatic rings. The molecule has 258 valence electrons. The monoisotopic (exact) mass is 698 g/mol. The first-order valence-corrected chi connectivity index (χ1v) is 18.9. The van der Waals surface area contributed by atoms with Crippen LogP contribution in [0.25, 0.3) is 0 Å². The SMILES string of the molecule is CCOC(=O)Cc1cccc(C(CCS(=CCC=S)CCC(c2ccc(O)cc2)c2cccc(CC(=O)OCC)c2)c2ccc(O)cc2)c1. The molecule has 0 saturated heterocycles. The average molecular weight is 699 g/mol. The summed E-state index contributed by atoms with van der Waals surface area (Å²) >= 11 is 5.23. The highest BCUT2D eigenvalue weighted by atomic mass is 32.2. The number of phenols is 2. The molecule has 0 saturated carbocycles. The summed E-state index contributed by atoms with van der Waals surface area (Å²) in [4.78, 5) is 24.5. The van der Waals surface area contributed by atoms with Crippen LogP contribution in [0, 0.1) is 0 Å². The molecule has 0 amide bonds. The van der Waals surface area contributed by atoms with Gasteiger partial charge in [-0.2, -0.15) is 10.5 Å². The maximum Gasteiger partial charge on any atom is 0.310 e. The van der Waals surface area contributed by atoms with Crippen LogP contribution in [0.15, 0.2) is 97.1 Å². The van der Waals surface area contributed by atoms with Gasteiger partial charge in [0.15, 0.2) is 0 Å². The van der Waals surface area contributed by atoms with Gasteiger partial charge in [-0.1, -0.05) is 90.4 Å². The van der Waals surface area contributed by atoms with Gasteiger partial charge in [0.2, 0.25) is 0 Å². The lowest BCUT2D eigenvalue weighted by Crippen LogP contribution is -2.10. The van der Waals surface area contributed by atoms with Crippen LogP contribution in [-0.4, -0.2) is 57.6 Å². The molecule has 4 aromatic carbocycles. The van der Waals surface area contributed by atoms with Gasteiger partial charge in [0.1, 0.15) is 11.5 Å². The zero-order valence-corrected chi connectivity index (χ0v) is 29.9. The molecular formula is C41H46O6S2. The maximum absolute atomic E-state index is 12.3. The van der Waals surface area contributed by atoms with Crippen molar-refractivity contribution in [3.63, 3.8) is 0 Å². The Labute approximate surface area is 298 Å². The summed E-state index contributed by atoms with van der Waals surface area (Å²) in [7, 11) is -0.0736. The van der Waals surface area contributed by atoms with Gasteiger partial charge in [-0.3, -0.25) is 9.59 Å². The van der Waals surface area contributed by atoms with E-state index in [4.69, 9.17) is 21.7 Å². The number of aromatic hydroxyl groups is 2. The summed E-state index contributed by atoms with van der Waals surface area (Å²) in [6.45, 7) is 4.32. The Morgan fingerprint density at radius 1 is 0.673 bits per heavy atom. The number of carbonyl (C=O) groups is 2. The molecule has 4 rings (SSSR count). The summed E-state index contributed by atoms with van der Waals surface area (Å²) < 4.78 is 10.4. The van der Waals surface area contributed by atoms with Gasteiger partial charge in [-0.25, -0.2) is 0 Å². The van der Waals surface area contributed by atoms with E-state index in [1.807, 2.05) is 62.4 Å². The number of hydrogen-bond acceptors (Lipinski definition) is 7. The fourth-order valence-corrected chi connectivity index (χ4v) is 8.25. The van der Waals surface area contributed by atoms with E-state index in [-0.39, 0.29) is 58.6 Å². The second-order valence-electron chi connectivity index (χ2n) is 11.8. The lowest BCUT2D eigenvalue weighted by molar-refractivity contribution is -0.143. The first-order valence-electron chi connectivity index (χ1n) is 16.8. The van der Waals surface area contributed by atoms with Gasteiger partial charge in [-0.05, 0) is 108 Å². The standard InChI is InChI=1S/C41H46O6S2/c1-3-46-40(44)28-30-8-5-10-34(26-30)38(32-12-16-36(42)17-13-32)20-24-49(23-7-22-48)25-21-39(33-14-18-37(43)19-15-33)35-11-6-9-31(27-35)29-41(45)47-4-2/h5-6,8-19,22-23,26-27,38-39,42-43H,3-4,7,20-21,24-25,28-29H2,1-2H3. The summed E-state index contributed by atoms with van der Waals surface area (Å²) in [6, 6.07) is 31.1. The predicted octanol–water partition coefficient (Wildman–Crippen LogP) is 8.51. The number of hydrogen-bond donors (Lipinski definition) is 2. The van der Waals surface area contributed by atoms with Crippen molar-refractivity contribution in [2.45, 2.75) is 57.8 Å². The van der Waals surface area contributed by atoms with E-state index in [1.54, 1.807) is 29.6 Å². The van der Waals surface area contributed by atoms with Crippen LogP contribution < -0.4 is 0 Å². The van der Waals surface area contributed by atoms with E-state index >= 15 is 0 Å². The molecule has 8 heteroatoms. The number of rotatable bonds is 18. The van der Waals surface area contributed by atoms with Crippen LogP contribution in [0.1, 0.15) is 78.3 Å². The zero-order chi connectivity index (χ0) is 35.0. The number of carbonyl (C=O) groups excluding carboxylic acids is 2. The van der Waals surface area contributed by atoms with Gasteiger partial charge >= 0.3 is 11.9 Å². The topological polar surface area (TPSA) is 93.1 Å². The molecule has 0 radical (unpaired) electrons. The summed E-state index contributed by atoms with van der Waals surface area (Å²) in [5.41, 5.74) is 6.26. The Balaban J connectivity index is 1.59. The Morgan fingerprint density at radius 2 is 1.10 bits per heavy atom. The van der Waals surface area contributed by atoms with Crippen molar-refractivity contribution < 1.29 is 29.3 Å². The molecule has 2 unspecified atom stereocenters. The molecule has 0 heterocycles. The van der Waals surface area contributed by atoms with E-state index in [2.05, 4.69) is 29.6 Å². The molecule has 2 N–H and O–H groups in total. The number of thiocarbonyl (C=S) groups is 1. The van der Waals surface area contributed by atoms with Crippen LogP contribution in [0.4, 0.5) is 0 Å². The minimum Gasteiger partial charge on any atom is -0.508 e. The van der Waals surface area contributed by atoms with E-state index in [0.717, 1.165) is 64.1 Å². The lowest BCUT2D eigenvalue weighted by Gasteiger charge is -2.23. The number of ether oxygens (including phenoxy) is 2. The predicted molar refractivity (Wildman–Crippen MR) is 204 cm³/mol. The molecule has 0 bridgehead atoms. The highest BCUT2D eigenvalue weighted by Crippen LogP contribution is 2.36. The smallest absolute Gasteiger partial charge is 0.310 e. The highest BCUT2D eigenvalue weighted by Gasteiger charge is 2.19. The fourth-order valence-electron chi connectivity index (χ4n) is 6.04. The third-order valence-electron chi connectivity index (χ3n) is 8.37. The van der Waals surface area contributed by atoms with Crippen molar-refractivity contribution in [3.05, 3.63) is 130 Å². The van der Waals surface area contributed by atoms with Crippen LogP contribution in [0.2, 0.25) is 0 Å². The quantitative estimate of drug-likeness (QED) is 0.0795. The molecule has 6 nitrogen and oxygen atoms in total. The van der Waals surface area contributed by atoms with E-state index in [1.165, 1.54) is 0 Å². The largest absolute Gasteiger partial charge is 0.508 e. The Bertz CT molecular complexity index is 1580. The first kappa shape index (κ1) is 37.5. The second-order valence-corrected chi connectivity index (χ2v) is 14.4. The first-order chi connectivity index (χ1) is 23.8. The summed E-state index contributed by atoms with van der Waals surface area (Å²) in [5.74, 6) is 1.94. The third-order valence-corrected chi connectivity index (χ3v) is 10.7. The minimum atomic E-state index is -0.244. The van der Waals surface area contributed by atoms with E-state index < -0.39 is 0 Å². The Morgan fingerprint density at radius 3 is 1.49 bits per heavy atom. The third kappa shape index (κ3) is 12.0. The van der Waals surface area contributed by atoms with E-state index in [0.29, 0.717) is 13.2 Å². The number of esters is 2. The Hall–Kier alpha value is -4.27. The molecule has 0 aliphatic heterocycles. The van der Waals surface area contributed by atoms with E-state index in [9.17, 15) is 19.8 Å². The second kappa shape index (κ2) is 19.7. The Kier molecular flexibility index (Phi) is 15.1. The average Bonchev–Trinajstić information content (AvgIpc) is 3.09. The molecule has 2 atom stereocenters. The zero-order valence-electron chi connectivity index (χ0n) is 28.3. The van der Waals surface area contributed by atoms with Crippen LogP contribution >= 0.6 is 22.7 Å². The maximum atomic E-state index is 12.3. The minimum absolute atomic E-state index is 0.0612. The fraction of sp³-hybridized carbons (Fsp3) is 0.317. The molecule has 0 spiro atoms. The van der Waals surface area contributed by atoms with Crippen LogP contribution in [0.3, 0.4) is 0 Å². The van der Waals surface area contributed by atoms with Gasteiger partial charge in [-0.15, -0.1) is 0 Å². The molecular weight excluding hydrogens is 653 g/mol. The van der Waals surface area contributed by atoms with Crippen molar-refractivity contribution in [1.29, 1.82) is 0 Å². The summed E-state index contributed by atoms with van der Waals surface area (Å²) in [5, 5.41) is 24.2. The molecule has 0 aliphatic rings. The van der Waals surface area contributed by atoms with Crippen molar-refractivity contribution in [3.8, 4) is 11.5 Å². The van der Waals surface area contributed by atoms with Gasteiger partial charge in [0, 0.05) is 11.8 Å². The van der Waals surface area contributed by atoms with Crippen molar-refractivity contribution in [1.82, 2.24) is 0 Å². The number of phenolic OH excluding ortho intramolecular Hbond substituents is 2. The van der Waals surface area contributed by atoms with Crippen molar-refractivity contribution >= 4 is 45.4 Å². The highest BCUT2D eigenvalue weighted by molar-refractivity contribution is 8.15. The molecule has 0 aromatic heterocycles. The van der Waals surface area contributed by atoms with Crippen LogP contribution in [0.5, 0.6) is 11.5 Å². The molecule has 0 fully saturated rings.